The van der Waals surface area contributed by atoms with Crippen molar-refractivity contribution in [3.05, 3.63) is 56.2 Å². The van der Waals surface area contributed by atoms with Gasteiger partial charge in [-0.25, -0.2) is 0 Å². The minimum Gasteiger partial charge on any atom is -0.294 e. The van der Waals surface area contributed by atoms with Crippen LogP contribution in [0.4, 0.5) is 0 Å². The number of carbonyl (C=O) groups excluding carboxylic acids is 1. The zero-order chi connectivity index (χ0) is 11.5. The molecule has 1 heterocycles. The Morgan fingerprint density at radius 1 is 1.25 bits per heavy atom. The van der Waals surface area contributed by atoms with E-state index in [9.17, 15) is 4.79 Å². The Kier molecular flexibility index (Phi) is 3.56. The van der Waals surface area contributed by atoms with Crippen LogP contribution < -0.4 is 0 Å². The summed E-state index contributed by atoms with van der Waals surface area (Å²) in [5.41, 5.74) is 3.06. The molecule has 0 saturated carbocycles. The summed E-state index contributed by atoms with van der Waals surface area (Å²) in [4.78, 5) is 12.0. The molecule has 16 heavy (non-hydrogen) atoms. The molecule has 2 rings (SSSR count). The molecule has 0 saturated heterocycles. The van der Waals surface area contributed by atoms with Gasteiger partial charge in [0.25, 0.3) is 0 Å². The highest BCUT2D eigenvalue weighted by Gasteiger charge is 2.11. The van der Waals surface area contributed by atoms with Crippen LogP contribution in [0.1, 0.15) is 21.5 Å². The molecule has 3 heteroatoms. The first kappa shape index (κ1) is 11.6. The Balaban J connectivity index is 2.14. The summed E-state index contributed by atoms with van der Waals surface area (Å²) in [6.07, 6.45) is 0.468. The summed E-state index contributed by atoms with van der Waals surface area (Å²) in [5, 5.41) is 3.82. The topological polar surface area (TPSA) is 17.1 Å². The summed E-state index contributed by atoms with van der Waals surface area (Å²) in [5.74, 6) is 0.164. The molecule has 0 bridgehead atoms. The monoisotopic (exact) mass is 294 g/mol. The maximum Gasteiger partial charge on any atom is 0.169 e. The molecule has 0 spiro atoms. The largest absolute Gasteiger partial charge is 0.294 e. The third kappa shape index (κ3) is 2.60. The number of Topliss-reactive ketones (excluding diaryl/α,β-unsaturated/α-hetero) is 1. The predicted molar refractivity (Wildman–Crippen MR) is 71.2 cm³/mol. The molecule has 1 nitrogen and oxygen atoms in total. The van der Waals surface area contributed by atoms with Gasteiger partial charge >= 0.3 is 0 Å². The first-order chi connectivity index (χ1) is 7.66. The number of hydrogen-bond donors (Lipinski definition) is 0. The zero-order valence-electron chi connectivity index (χ0n) is 8.87. The van der Waals surface area contributed by atoms with Gasteiger partial charge in [0.1, 0.15) is 0 Å². The minimum absolute atomic E-state index is 0.164. The molecule has 0 N–H and O–H groups in total. The lowest BCUT2D eigenvalue weighted by Gasteiger charge is -2.01. The van der Waals surface area contributed by atoms with Crippen LogP contribution in [-0.2, 0) is 6.42 Å². The molecule has 0 unspecified atom stereocenters. The quantitative estimate of drug-likeness (QED) is 0.774. The van der Waals surface area contributed by atoms with Gasteiger partial charge in [-0.2, -0.15) is 11.3 Å². The number of thiophene rings is 1. The molecule has 1 aromatic heterocycles. The summed E-state index contributed by atoms with van der Waals surface area (Å²) in [6.45, 7) is 2.04. The molecule has 0 aliphatic carbocycles. The first-order valence-electron chi connectivity index (χ1n) is 4.97. The van der Waals surface area contributed by atoms with E-state index in [1.54, 1.807) is 0 Å². The summed E-state index contributed by atoms with van der Waals surface area (Å²) >= 11 is 4.92. The second-order valence-corrected chi connectivity index (χ2v) is 5.32. The number of ketones is 1. The van der Waals surface area contributed by atoms with Crippen molar-refractivity contribution in [1.82, 2.24) is 0 Å². The van der Waals surface area contributed by atoms with Gasteiger partial charge in [-0.05, 0) is 28.4 Å². The third-order valence-electron chi connectivity index (χ3n) is 2.40. The molecule has 0 atom stereocenters. The van der Waals surface area contributed by atoms with Gasteiger partial charge in [0.2, 0.25) is 0 Å². The summed E-state index contributed by atoms with van der Waals surface area (Å²) in [7, 11) is 0. The number of halogens is 1. The maximum atomic E-state index is 12.0. The standard InChI is InChI=1S/C13H11BrOS/c1-9-2-4-10(5-3-9)6-13(15)11-7-16-8-12(11)14/h2-5,7-8H,6H2,1H3. The van der Waals surface area contributed by atoms with Crippen molar-refractivity contribution in [2.45, 2.75) is 13.3 Å². The fourth-order valence-corrected chi connectivity index (χ4v) is 2.99. The van der Waals surface area contributed by atoms with Gasteiger partial charge < -0.3 is 0 Å². The van der Waals surface area contributed by atoms with Crippen LogP contribution in [0, 0.1) is 6.92 Å². The molecule has 0 aliphatic rings. The minimum atomic E-state index is 0.164. The Hall–Kier alpha value is -0.930. The highest BCUT2D eigenvalue weighted by atomic mass is 79.9. The van der Waals surface area contributed by atoms with Crippen LogP contribution in [-0.4, -0.2) is 5.78 Å². The van der Waals surface area contributed by atoms with E-state index >= 15 is 0 Å². The maximum absolute atomic E-state index is 12.0. The number of aryl methyl sites for hydroxylation is 1. The van der Waals surface area contributed by atoms with E-state index in [0.29, 0.717) is 6.42 Å². The lowest BCUT2D eigenvalue weighted by atomic mass is 10.0. The fraction of sp³-hybridized carbons (Fsp3) is 0.154. The van der Waals surface area contributed by atoms with Crippen LogP contribution in [0.25, 0.3) is 0 Å². The molecule has 0 radical (unpaired) electrons. The Morgan fingerprint density at radius 3 is 2.50 bits per heavy atom. The fourth-order valence-electron chi connectivity index (χ4n) is 1.47. The highest BCUT2D eigenvalue weighted by molar-refractivity contribution is 9.10. The highest BCUT2D eigenvalue weighted by Crippen LogP contribution is 2.22. The van der Waals surface area contributed by atoms with Crippen molar-refractivity contribution < 1.29 is 4.79 Å². The van der Waals surface area contributed by atoms with Crippen molar-refractivity contribution in [2.24, 2.45) is 0 Å². The second kappa shape index (κ2) is 4.93. The van der Waals surface area contributed by atoms with Gasteiger partial charge in [-0.15, -0.1) is 0 Å². The van der Waals surface area contributed by atoms with E-state index < -0.39 is 0 Å². The van der Waals surface area contributed by atoms with E-state index in [1.807, 2.05) is 41.9 Å². The Labute approximate surface area is 107 Å². The lowest BCUT2D eigenvalue weighted by Crippen LogP contribution is -2.02. The third-order valence-corrected chi connectivity index (χ3v) is 4.10. The van der Waals surface area contributed by atoms with Gasteiger partial charge in [0.15, 0.2) is 5.78 Å². The average Bonchev–Trinajstić information content (AvgIpc) is 2.68. The predicted octanol–water partition coefficient (Wildman–Crippen LogP) is 4.24. The molecule has 82 valence electrons. The van der Waals surface area contributed by atoms with E-state index in [0.717, 1.165) is 15.6 Å². The Bertz CT molecular complexity index is 499. The molecular formula is C13H11BrOS. The van der Waals surface area contributed by atoms with Crippen LogP contribution in [0.2, 0.25) is 0 Å². The molecule has 1 aromatic carbocycles. The molecule has 0 aliphatic heterocycles. The van der Waals surface area contributed by atoms with Crippen LogP contribution >= 0.6 is 27.3 Å². The van der Waals surface area contributed by atoms with Crippen molar-refractivity contribution in [2.75, 3.05) is 0 Å². The Morgan fingerprint density at radius 2 is 1.94 bits per heavy atom. The number of benzene rings is 1. The van der Waals surface area contributed by atoms with Gasteiger partial charge in [-0.1, -0.05) is 29.8 Å². The second-order valence-electron chi connectivity index (χ2n) is 3.72. The molecular weight excluding hydrogens is 284 g/mol. The summed E-state index contributed by atoms with van der Waals surface area (Å²) in [6, 6.07) is 8.08. The van der Waals surface area contributed by atoms with E-state index in [1.165, 1.54) is 16.9 Å². The van der Waals surface area contributed by atoms with E-state index in [2.05, 4.69) is 15.9 Å². The molecule has 0 amide bonds. The lowest BCUT2D eigenvalue weighted by molar-refractivity contribution is 0.0992. The van der Waals surface area contributed by atoms with Gasteiger partial charge in [0, 0.05) is 27.2 Å². The van der Waals surface area contributed by atoms with Gasteiger partial charge in [0.05, 0.1) is 0 Å². The number of carbonyl (C=O) groups is 1. The van der Waals surface area contributed by atoms with E-state index in [4.69, 9.17) is 0 Å². The van der Waals surface area contributed by atoms with E-state index in [-0.39, 0.29) is 5.78 Å². The smallest absolute Gasteiger partial charge is 0.169 e. The molecule has 0 fully saturated rings. The number of rotatable bonds is 3. The van der Waals surface area contributed by atoms with Crippen molar-refractivity contribution >= 4 is 33.0 Å². The number of hydrogen-bond acceptors (Lipinski definition) is 2. The van der Waals surface area contributed by atoms with Crippen LogP contribution in [0.3, 0.4) is 0 Å². The zero-order valence-corrected chi connectivity index (χ0v) is 11.3. The van der Waals surface area contributed by atoms with Crippen molar-refractivity contribution in [3.8, 4) is 0 Å². The van der Waals surface area contributed by atoms with Crippen LogP contribution in [0.15, 0.2) is 39.5 Å². The normalized spacial score (nSPS) is 10.4. The van der Waals surface area contributed by atoms with Crippen molar-refractivity contribution in [3.63, 3.8) is 0 Å². The van der Waals surface area contributed by atoms with Crippen molar-refractivity contribution in [1.29, 1.82) is 0 Å². The van der Waals surface area contributed by atoms with Gasteiger partial charge in [-0.3, -0.25) is 4.79 Å². The summed E-state index contributed by atoms with van der Waals surface area (Å²) < 4.78 is 0.898. The average molecular weight is 295 g/mol. The first-order valence-corrected chi connectivity index (χ1v) is 6.71. The molecule has 2 aromatic rings. The SMILES string of the molecule is Cc1ccc(CC(=O)c2cscc2Br)cc1. The van der Waals surface area contributed by atoms with Crippen LogP contribution in [0.5, 0.6) is 0 Å².